The van der Waals surface area contributed by atoms with Gasteiger partial charge in [-0.3, -0.25) is 14.1 Å². The molecule has 0 unspecified atom stereocenters. The van der Waals surface area contributed by atoms with Crippen molar-refractivity contribution in [1.82, 2.24) is 14.4 Å². The number of nitrogens with zero attached hydrogens (tertiary/aromatic N) is 4. The van der Waals surface area contributed by atoms with Crippen molar-refractivity contribution in [3.05, 3.63) is 89.7 Å². The lowest BCUT2D eigenvalue weighted by molar-refractivity contribution is 0.0589. The first-order chi connectivity index (χ1) is 19.0. The molecule has 0 atom stereocenters. The molecule has 3 aromatic heterocycles. The molecule has 0 aliphatic heterocycles. The first kappa shape index (κ1) is 27.0. The van der Waals surface area contributed by atoms with Crippen molar-refractivity contribution in [2.24, 2.45) is 0 Å². The summed E-state index contributed by atoms with van der Waals surface area (Å²) in [5, 5.41) is 3.32. The molecule has 2 amide bonds. The number of fused-ring (bicyclic) bond motifs is 1. The smallest absolute Gasteiger partial charge is 0.414 e. The third-order valence-electron chi connectivity index (χ3n) is 6.03. The number of rotatable bonds is 5. The van der Waals surface area contributed by atoms with E-state index in [9.17, 15) is 9.59 Å². The van der Waals surface area contributed by atoms with Crippen molar-refractivity contribution in [3.63, 3.8) is 0 Å². The Hall–Kier alpha value is -4.63. The minimum atomic E-state index is -0.575. The highest BCUT2D eigenvalue weighted by molar-refractivity contribution is 6.33. The number of amides is 2. The maximum atomic E-state index is 12.5. The molecule has 10 heteroatoms. The normalized spacial score (nSPS) is 11.4. The van der Waals surface area contributed by atoms with Gasteiger partial charge in [-0.25, -0.2) is 14.8 Å². The Morgan fingerprint density at radius 2 is 1.77 bits per heavy atom. The summed E-state index contributed by atoms with van der Waals surface area (Å²) in [6.45, 7) is 7.27. The van der Waals surface area contributed by atoms with Gasteiger partial charge in [0.15, 0.2) is 5.76 Å². The van der Waals surface area contributed by atoms with Crippen molar-refractivity contribution in [2.75, 3.05) is 17.3 Å². The lowest BCUT2D eigenvalue weighted by Gasteiger charge is -2.24. The Morgan fingerprint density at radius 3 is 2.45 bits per heavy atom. The van der Waals surface area contributed by atoms with E-state index in [4.69, 9.17) is 20.8 Å². The molecule has 1 N–H and O–H groups in total. The summed E-state index contributed by atoms with van der Waals surface area (Å²) in [5.74, 6) is 1.02. The van der Waals surface area contributed by atoms with Gasteiger partial charge in [0, 0.05) is 48.1 Å². The zero-order chi connectivity index (χ0) is 28.6. The van der Waals surface area contributed by atoms with Crippen molar-refractivity contribution >= 4 is 40.8 Å². The van der Waals surface area contributed by atoms with Gasteiger partial charge in [0.25, 0.3) is 5.91 Å². The van der Waals surface area contributed by atoms with Crippen LogP contribution < -0.4 is 10.2 Å². The van der Waals surface area contributed by atoms with E-state index >= 15 is 0 Å². The lowest BCUT2D eigenvalue weighted by atomic mass is 10.1. The van der Waals surface area contributed by atoms with Crippen LogP contribution in [-0.4, -0.2) is 39.0 Å². The van der Waals surface area contributed by atoms with Crippen LogP contribution in [0.5, 0.6) is 0 Å². The monoisotopic (exact) mass is 557 g/mol. The molecule has 0 radical (unpaired) electrons. The number of hydrogen-bond acceptors (Lipinski definition) is 6. The van der Waals surface area contributed by atoms with E-state index in [0.717, 1.165) is 11.1 Å². The van der Waals surface area contributed by atoms with E-state index in [0.29, 0.717) is 39.2 Å². The molecule has 0 spiro atoms. The summed E-state index contributed by atoms with van der Waals surface area (Å²) >= 11 is 6.50. The minimum Gasteiger partial charge on any atom is -0.456 e. The molecule has 0 fully saturated rings. The van der Waals surface area contributed by atoms with E-state index in [2.05, 4.69) is 15.3 Å². The Bertz CT molecular complexity index is 1720. The molecule has 3 heterocycles. The minimum absolute atomic E-state index is 0.225. The summed E-state index contributed by atoms with van der Waals surface area (Å²) < 4.78 is 12.7. The average molecular weight is 558 g/mol. The molecule has 204 valence electrons. The predicted molar refractivity (Wildman–Crippen MR) is 155 cm³/mol. The van der Waals surface area contributed by atoms with Crippen LogP contribution in [0.3, 0.4) is 0 Å². The number of halogens is 1. The molecule has 5 rings (SSSR count). The van der Waals surface area contributed by atoms with Gasteiger partial charge in [-0.05, 0) is 75.7 Å². The Morgan fingerprint density at radius 1 is 1.02 bits per heavy atom. The number of anilines is 2. The molecular formula is C30H28ClN5O4. The van der Waals surface area contributed by atoms with Gasteiger partial charge in [0.05, 0.1) is 10.7 Å². The van der Waals surface area contributed by atoms with Gasteiger partial charge in [-0.2, -0.15) is 0 Å². The largest absolute Gasteiger partial charge is 0.456 e. The molecule has 0 saturated heterocycles. The van der Waals surface area contributed by atoms with E-state index in [1.165, 1.54) is 4.90 Å². The molecule has 0 aliphatic rings. The molecule has 9 nitrogen and oxygen atoms in total. The van der Waals surface area contributed by atoms with E-state index < -0.39 is 11.7 Å². The zero-order valence-electron chi connectivity index (χ0n) is 22.7. The van der Waals surface area contributed by atoms with Crippen molar-refractivity contribution in [2.45, 2.75) is 33.3 Å². The van der Waals surface area contributed by atoms with Crippen LogP contribution in [0.2, 0.25) is 5.02 Å². The van der Waals surface area contributed by atoms with Gasteiger partial charge in [0.1, 0.15) is 11.4 Å². The summed E-state index contributed by atoms with van der Waals surface area (Å²) in [4.78, 5) is 35.5. The van der Waals surface area contributed by atoms with Crippen LogP contribution in [0.1, 0.15) is 37.1 Å². The molecular weight excluding hydrogens is 530 g/mol. The average Bonchev–Trinajstić information content (AvgIpc) is 3.54. The molecule has 40 heavy (non-hydrogen) atoms. The van der Waals surface area contributed by atoms with Crippen LogP contribution in [0.15, 0.2) is 77.6 Å². The second-order valence-electron chi connectivity index (χ2n) is 10.3. The number of aromatic nitrogens is 3. The summed E-state index contributed by atoms with van der Waals surface area (Å²) in [7, 11) is 1.67. The highest BCUT2D eigenvalue weighted by atomic mass is 35.5. The maximum Gasteiger partial charge on any atom is 0.414 e. The lowest BCUT2D eigenvalue weighted by Crippen LogP contribution is -2.34. The fourth-order valence-electron chi connectivity index (χ4n) is 4.03. The highest BCUT2D eigenvalue weighted by Gasteiger charge is 2.21. The van der Waals surface area contributed by atoms with Crippen LogP contribution in [0.25, 0.3) is 28.2 Å². The second kappa shape index (κ2) is 10.5. The first-order valence-electron chi connectivity index (χ1n) is 12.6. The number of ether oxygens (including phenoxy) is 1. The van der Waals surface area contributed by atoms with Gasteiger partial charge in [0.2, 0.25) is 5.78 Å². The van der Waals surface area contributed by atoms with Crippen molar-refractivity contribution < 1.29 is 18.7 Å². The topological polar surface area (TPSA) is 102 Å². The van der Waals surface area contributed by atoms with E-state index in [1.54, 1.807) is 50.5 Å². The number of hydrogen-bond donors (Lipinski definition) is 1. The molecule has 0 saturated carbocycles. The predicted octanol–water partition coefficient (Wildman–Crippen LogP) is 7.24. The number of benzene rings is 2. The quantitative estimate of drug-likeness (QED) is 0.244. The Labute approximate surface area is 236 Å². The molecule has 0 bridgehead atoms. The Kier molecular flexibility index (Phi) is 7.08. The zero-order valence-corrected chi connectivity index (χ0v) is 23.5. The Balaban J connectivity index is 1.37. The standard InChI is InChI=1S/C30H28ClN5O4/c1-18-6-13-26(39-18)27(37)33-21-9-12-24(31)23(14-21)25-17-36-16-20(15-32-28(36)34-25)19-7-10-22(11-8-19)35(5)29(38)40-30(2,3)4/h6-17H,1-5H3,(H,33,37). The fraction of sp³-hybridized carbons (Fsp3) is 0.200. The SMILES string of the molecule is Cc1ccc(C(=O)Nc2ccc(Cl)c(-c3cn4cc(-c5ccc(N(C)C(=O)OC(C)(C)C)cc5)cnc4n3)c2)o1. The summed E-state index contributed by atoms with van der Waals surface area (Å²) in [5.41, 5.74) is 3.73. The second-order valence-corrected chi connectivity index (χ2v) is 10.7. The third kappa shape index (κ3) is 5.84. The number of nitrogens with one attached hydrogen (secondary N) is 1. The molecule has 5 aromatic rings. The number of carbonyl (C=O) groups excluding carboxylic acids is 2. The summed E-state index contributed by atoms with van der Waals surface area (Å²) in [6, 6.07) is 16.1. The van der Waals surface area contributed by atoms with E-state index in [-0.39, 0.29) is 11.7 Å². The van der Waals surface area contributed by atoms with Crippen molar-refractivity contribution in [1.29, 1.82) is 0 Å². The molecule has 2 aromatic carbocycles. The highest BCUT2D eigenvalue weighted by Crippen LogP contribution is 2.31. The number of carbonyl (C=O) groups is 2. The maximum absolute atomic E-state index is 12.5. The number of furan rings is 1. The van der Waals surface area contributed by atoms with Crippen LogP contribution >= 0.6 is 11.6 Å². The van der Waals surface area contributed by atoms with Crippen LogP contribution in [-0.2, 0) is 4.74 Å². The number of aryl methyl sites for hydroxylation is 1. The van der Waals surface area contributed by atoms with Crippen LogP contribution in [0.4, 0.5) is 16.2 Å². The van der Waals surface area contributed by atoms with Gasteiger partial charge >= 0.3 is 6.09 Å². The fourth-order valence-corrected chi connectivity index (χ4v) is 4.24. The summed E-state index contributed by atoms with van der Waals surface area (Å²) in [6.07, 6.45) is 5.07. The van der Waals surface area contributed by atoms with E-state index in [1.807, 2.05) is 61.8 Å². The van der Waals surface area contributed by atoms with Gasteiger partial charge < -0.3 is 14.5 Å². The number of imidazole rings is 1. The first-order valence-corrected chi connectivity index (χ1v) is 12.9. The van der Waals surface area contributed by atoms with Crippen LogP contribution in [0, 0.1) is 6.92 Å². The molecule has 0 aliphatic carbocycles. The van der Waals surface area contributed by atoms with Gasteiger partial charge in [-0.1, -0.05) is 23.7 Å². The van der Waals surface area contributed by atoms with Gasteiger partial charge in [-0.15, -0.1) is 0 Å². The van der Waals surface area contributed by atoms with Crippen molar-refractivity contribution in [3.8, 4) is 22.4 Å². The third-order valence-corrected chi connectivity index (χ3v) is 6.36.